The number of ether oxygens (including phenoxy) is 2. The van der Waals surface area contributed by atoms with Crippen molar-refractivity contribution >= 4 is 27.9 Å². The molecule has 0 radical (unpaired) electrons. The number of hydrogen-bond donors (Lipinski definition) is 3. The number of guanidine groups is 1. The first-order chi connectivity index (χ1) is 18.5. The summed E-state index contributed by atoms with van der Waals surface area (Å²) >= 11 is 0. The third kappa shape index (κ3) is 9.88. The highest BCUT2D eigenvalue weighted by Crippen LogP contribution is 2.43. The van der Waals surface area contributed by atoms with Gasteiger partial charge in [0, 0.05) is 18.5 Å². The predicted octanol–water partition coefficient (Wildman–Crippen LogP) is 4.49. The van der Waals surface area contributed by atoms with Crippen LogP contribution in [0, 0.1) is 26.7 Å². The van der Waals surface area contributed by atoms with E-state index in [9.17, 15) is 23.1 Å². The minimum atomic E-state index is -4.10. The molecule has 11 nitrogen and oxygen atoms in total. The maximum Gasteiger partial charge on any atom is 0.307 e. The van der Waals surface area contributed by atoms with Gasteiger partial charge in [-0.25, -0.2) is 18.6 Å². The number of carboxylic acids is 1. The summed E-state index contributed by atoms with van der Waals surface area (Å²) in [6, 6.07) is 0. The minimum absolute atomic E-state index is 0.0830. The number of benzene rings is 1. The normalized spacial score (nSPS) is 16.0. The number of aliphatic carboxylic acids is 1. The number of esters is 1. The van der Waals surface area contributed by atoms with Gasteiger partial charge in [-0.05, 0) is 106 Å². The van der Waals surface area contributed by atoms with Crippen molar-refractivity contribution in [2.45, 2.75) is 124 Å². The van der Waals surface area contributed by atoms with E-state index in [2.05, 4.69) is 15.2 Å². The first-order valence-corrected chi connectivity index (χ1v) is 15.3. The zero-order valence-corrected chi connectivity index (χ0v) is 27.1. The maximum absolute atomic E-state index is 13.7. The summed E-state index contributed by atoms with van der Waals surface area (Å²) < 4.78 is 41.4. The average molecular weight is 598 g/mol. The quantitative estimate of drug-likeness (QED) is 0.116. The first-order valence-electron chi connectivity index (χ1n) is 13.8. The Balaban J connectivity index is 2.27. The molecule has 12 heteroatoms. The molecule has 0 bridgehead atoms. The van der Waals surface area contributed by atoms with Gasteiger partial charge in [0.1, 0.15) is 17.0 Å². The molecule has 232 valence electrons. The number of carboxylic acid groups (broad SMARTS) is 1. The molecule has 1 aromatic rings. The molecule has 1 heterocycles. The highest BCUT2D eigenvalue weighted by molar-refractivity contribution is 7.90. The van der Waals surface area contributed by atoms with Crippen LogP contribution in [0.15, 0.2) is 9.89 Å². The van der Waals surface area contributed by atoms with Gasteiger partial charge in [0.05, 0.1) is 22.8 Å². The van der Waals surface area contributed by atoms with E-state index in [4.69, 9.17) is 14.3 Å². The Hall–Kier alpha value is -2.86. The Morgan fingerprint density at radius 1 is 1.05 bits per heavy atom. The molecular weight excluding hydrogens is 550 g/mol. The van der Waals surface area contributed by atoms with Gasteiger partial charge in [-0.3, -0.25) is 19.4 Å². The highest BCUT2D eigenvalue weighted by Gasteiger charge is 2.37. The molecule has 0 aliphatic carbocycles. The van der Waals surface area contributed by atoms with Crippen LogP contribution in [-0.4, -0.2) is 54.8 Å². The molecule has 0 amide bonds. The Kier molecular flexibility index (Phi) is 10.5. The highest BCUT2D eigenvalue weighted by atomic mass is 32.2. The molecule has 1 aromatic carbocycles. The number of nitrogens with zero attached hydrogens (tertiary/aromatic N) is 1. The van der Waals surface area contributed by atoms with Gasteiger partial charge >= 0.3 is 11.9 Å². The van der Waals surface area contributed by atoms with Crippen molar-refractivity contribution in [1.82, 2.24) is 10.2 Å². The number of fused-ring (bicyclic) bond motifs is 1. The van der Waals surface area contributed by atoms with Crippen molar-refractivity contribution in [3.05, 3.63) is 22.3 Å². The number of carbonyl (C=O) groups excluding carboxylic acids is 1. The molecule has 0 saturated carbocycles. The Morgan fingerprint density at radius 2 is 1.66 bits per heavy atom. The summed E-state index contributed by atoms with van der Waals surface area (Å²) in [4.78, 5) is 34.0. The molecule has 0 aromatic heterocycles. The molecule has 0 unspecified atom stereocenters. The second kappa shape index (κ2) is 12.6. The standard InChI is InChI=1S/C29H47N3O8S/c1-17-18(2)24(19(3)21-16-29(10,11)39-23(17)21)41(36,37)32-26(31-40-28(7,8)9)30-14-12-13-20(25(34)35)15-22(33)38-27(4,5)6/h20H,12-16H2,1-11H3,(H,34,35)(H2,30,31,32)/t20-/m1/s1. The smallest absolute Gasteiger partial charge is 0.307 e. The maximum atomic E-state index is 13.7. The Bertz CT molecular complexity index is 1290. The van der Waals surface area contributed by atoms with Gasteiger partial charge in [0.15, 0.2) is 0 Å². The van der Waals surface area contributed by atoms with E-state index in [1.165, 1.54) is 0 Å². The molecule has 0 fully saturated rings. The lowest BCUT2D eigenvalue weighted by atomic mass is 9.94. The fourth-order valence-electron chi connectivity index (χ4n) is 4.54. The number of carbonyl (C=O) groups is 2. The average Bonchev–Trinajstić information content (AvgIpc) is 3.11. The largest absolute Gasteiger partial charge is 0.487 e. The molecule has 0 saturated heterocycles. The third-order valence-electron chi connectivity index (χ3n) is 6.41. The van der Waals surface area contributed by atoms with E-state index in [-0.39, 0.29) is 36.7 Å². The van der Waals surface area contributed by atoms with Crippen LogP contribution in [0.25, 0.3) is 0 Å². The first kappa shape index (κ1) is 34.3. The second-order valence-electron chi connectivity index (χ2n) is 13.2. The lowest BCUT2D eigenvalue weighted by Gasteiger charge is -2.23. The van der Waals surface area contributed by atoms with E-state index in [0.29, 0.717) is 17.5 Å². The van der Waals surface area contributed by atoms with Crippen LogP contribution < -0.4 is 14.9 Å². The molecule has 41 heavy (non-hydrogen) atoms. The van der Waals surface area contributed by atoms with Crippen LogP contribution >= 0.6 is 0 Å². The van der Waals surface area contributed by atoms with Crippen molar-refractivity contribution in [3.63, 3.8) is 0 Å². The van der Waals surface area contributed by atoms with Crippen LogP contribution in [0.3, 0.4) is 0 Å². The SMILES string of the molecule is Cc1c(C)c(S(=O)(=O)NC(=NCCC[C@H](CC(=O)OC(C)(C)C)C(=O)O)NOC(C)(C)C)c(C)c2c1OC(C)(C)C2. The van der Waals surface area contributed by atoms with Crippen LogP contribution in [0.2, 0.25) is 0 Å². The Morgan fingerprint density at radius 3 is 2.20 bits per heavy atom. The van der Waals surface area contributed by atoms with Crippen molar-refractivity contribution in [3.8, 4) is 5.75 Å². The summed E-state index contributed by atoms with van der Waals surface area (Å²) in [5.74, 6) is -2.06. The van der Waals surface area contributed by atoms with Crippen molar-refractivity contribution in [2.75, 3.05) is 6.54 Å². The van der Waals surface area contributed by atoms with E-state index in [1.54, 1.807) is 55.4 Å². The summed E-state index contributed by atoms with van der Waals surface area (Å²) in [7, 11) is -4.10. The third-order valence-corrected chi connectivity index (χ3v) is 8.02. The number of hydrogen-bond acceptors (Lipinski definition) is 8. The van der Waals surface area contributed by atoms with Crippen molar-refractivity contribution in [2.24, 2.45) is 10.9 Å². The summed E-state index contributed by atoms with van der Waals surface area (Å²) in [6.07, 6.45) is 0.747. The van der Waals surface area contributed by atoms with Crippen LogP contribution in [-0.2, 0) is 35.6 Å². The molecule has 1 atom stereocenters. The monoisotopic (exact) mass is 597 g/mol. The topological polar surface area (TPSA) is 153 Å². The fraction of sp³-hybridized carbons (Fsp3) is 0.690. The van der Waals surface area contributed by atoms with Gasteiger partial charge in [-0.1, -0.05) is 0 Å². The summed E-state index contributed by atoms with van der Waals surface area (Å²) in [5.41, 5.74) is 3.62. The zero-order valence-electron chi connectivity index (χ0n) is 26.3. The molecule has 1 aliphatic rings. The van der Waals surface area contributed by atoms with Crippen molar-refractivity contribution in [1.29, 1.82) is 0 Å². The van der Waals surface area contributed by atoms with E-state index in [0.717, 1.165) is 16.9 Å². The number of aliphatic imine (C=N–C) groups is 1. The zero-order chi connectivity index (χ0) is 31.6. The second-order valence-corrected chi connectivity index (χ2v) is 14.8. The van der Waals surface area contributed by atoms with Crippen molar-refractivity contribution < 1.29 is 37.4 Å². The summed E-state index contributed by atoms with van der Waals surface area (Å²) in [5, 5.41) is 9.58. The fourth-order valence-corrected chi connectivity index (χ4v) is 6.08. The minimum Gasteiger partial charge on any atom is -0.487 e. The van der Waals surface area contributed by atoms with E-state index in [1.807, 2.05) is 20.8 Å². The van der Waals surface area contributed by atoms with Crippen LogP contribution in [0.1, 0.15) is 96.9 Å². The lowest BCUT2D eigenvalue weighted by Crippen LogP contribution is -2.44. The van der Waals surface area contributed by atoms with Crippen LogP contribution in [0.4, 0.5) is 0 Å². The predicted molar refractivity (Wildman–Crippen MR) is 156 cm³/mol. The number of rotatable bonds is 10. The number of hydroxylamine groups is 1. The lowest BCUT2D eigenvalue weighted by molar-refractivity contribution is -0.160. The van der Waals surface area contributed by atoms with Crippen LogP contribution in [0.5, 0.6) is 5.75 Å². The molecule has 3 N–H and O–H groups in total. The molecule has 0 spiro atoms. The number of sulfonamides is 1. The molecule has 2 rings (SSSR count). The van der Waals surface area contributed by atoms with Gasteiger partial charge in [-0.2, -0.15) is 0 Å². The van der Waals surface area contributed by atoms with E-state index < -0.39 is 44.7 Å². The van der Waals surface area contributed by atoms with Gasteiger partial charge < -0.3 is 14.6 Å². The molecule has 1 aliphatic heterocycles. The Labute approximate surface area is 244 Å². The summed E-state index contributed by atoms with van der Waals surface area (Å²) in [6.45, 7) is 19.9. The van der Waals surface area contributed by atoms with Gasteiger partial charge in [-0.15, -0.1) is 0 Å². The number of nitrogens with one attached hydrogen (secondary N) is 2. The van der Waals surface area contributed by atoms with Gasteiger partial charge in [0.25, 0.3) is 10.0 Å². The van der Waals surface area contributed by atoms with Gasteiger partial charge in [0.2, 0.25) is 5.96 Å². The van der Waals surface area contributed by atoms with E-state index >= 15 is 0 Å². The molecular formula is C29H47N3O8S.